The third kappa shape index (κ3) is 10.8. The number of Topliss-reactive ketones (excluding diaryl/α,β-unsaturated/α-hetero) is 2. The molecule has 2 saturated heterocycles. The normalized spacial score (nSPS) is 41.3. The first kappa shape index (κ1) is 45.0. The molecule has 1 N–H and O–H groups in total. The van der Waals surface area contributed by atoms with Crippen molar-refractivity contribution in [2.75, 3.05) is 27.9 Å². The van der Waals surface area contributed by atoms with E-state index in [4.69, 9.17) is 23.7 Å². The molecule has 11 nitrogen and oxygen atoms in total. The standard InChI is InChI=1S/C42H66INO10/c1-25-19-26(2)21-34(51-8)37-35(52-9)22-30(6)42(49,54-37)38(46)39(47)44-18-11-10-14-32(44)40(48)53-36(27(3)15-16-33(45)28(4)20-25)29(5)23-41(43)17-12-13-31(24-41)50-7/h20,23,26-28,30-32,34-37,49H,10-19,21-22,24H2,1-9H3/b25-20+,29-23?. The molecule has 12 atom stereocenters. The number of piperidine rings is 1. The maximum absolute atomic E-state index is 14.3. The van der Waals surface area contributed by atoms with E-state index in [2.05, 4.69) is 35.6 Å². The van der Waals surface area contributed by atoms with Gasteiger partial charge in [0.15, 0.2) is 0 Å². The number of esters is 1. The number of fused-ring (bicyclic) bond motifs is 3. The number of hydrogen-bond donors (Lipinski definition) is 1. The number of hydrogen-bond acceptors (Lipinski definition) is 10. The lowest BCUT2D eigenvalue weighted by Gasteiger charge is -2.47. The van der Waals surface area contributed by atoms with Gasteiger partial charge in [0.25, 0.3) is 11.7 Å². The third-order valence-electron chi connectivity index (χ3n) is 12.4. The van der Waals surface area contributed by atoms with Crippen LogP contribution in [0.4, 0.5) is 0 Å². The SMILES string of the molecule is COC1CCCC(I)(C=C(C)C2OC(=O)C3CCCCN3C(=O)C(=O)C3(O)OC(C(OC)CC(C)C/C(C)=C/C(C)C(=O)CCC2C)C(OC)CC3C)C1. The molecular weight excluding hydrogens is 805 g/mol. The van der Waals surface area contributed by atoms with Gasteiger partial charge in [-0.2, -0.15) is 0 Å². The summed E-state index contributed by atoms with van der Waals surface area (Å²) in [7, 11) is 4.86. The minimum atomic E-state index is -2.45. The first-order valence-corrected chi connectivity index (χ1v) is 21.2. The molecule has 2 bridgehead atoms. The topological polar surface area (TPSA) is 138 Å². The van der Waals surface area contributed by atoms with E-state index in [0.717, 1.165) is 36.8 Å². The fourth-order valence-electron chi connectivity index (χ4n) is 9.19. The Bertz CT molecular complexity index is 1400. The summed E-state index contributed by atoms with van der Waals surface area (Å²) >= 11 is 2.49. The Morgan fingerprint density at radius 2 is 1.65 bits per heavy atom. The Kier molecular flexibility index (Phi) is 16.4. The minimum absolute atomic E-state index is 0.103. The molecule has 12 unspecified atom stereocenters. The number of alkyl halides is 1. The molecule has 0 aromatic rings. The number of aliphatic hydroxyl groups is 1. The van der Waals surface area contributed by atoms with Crippen molar-refractivity contribution in [1.29, 1.82) is 0 Å². The van der Waals surface area contributed by atoms with Crippen molar-refractivity contribution in [3.8, 4) is 0 Å². The first-order valence-electron chi connectivity index (χ1n) is 20.1. The lowest BCUT2D eigenvalue weighted by molar-refractivity contribution is -0.302. The van der Waals surface area contributed by atoms with E-state index in [-0.39, 0.29) is 46.0 Å². The number of ketones is 2. The van der Waals surface area contributed by atoms with E-state index < -0.39 is 59.8 Å². The number of amides is 1. The Morgan fingerprint density at radius 3 is 2.31 bits per heavy atom. The maximum Gasteiger partial charge on any atom is 0.329 e. The summed E-state index contributed by atoms with van der Waals surface area (Å²) in [6, 6.07) is -1.01. The van der Waals surface area contributed by atoms with Crippen LogP contribution in [-0.2, 0) is 42.9 Å². The van der Waals surface area contributed by atoms with E-state index in [1.807, 2.05) is 33.8 Å². The molecule has 3 fully saturated rings. The minimum Gasteiger partial charge on any atom is -0.456 e. The third-order valence-corrected chi connectivity index (χ3v) is 13.7. The number of methoxy groups -OCH3 is 3. The summed E-state index contributed by atoms with van der Waals surface area (Å²) in [5.74, 6) is -6.16. The van der Waals surface area contributed by atoms with Gasteiger partial charge < -0.3 is 33.7 Å². The van der Waals surface area contributed by atoms with E-state index in [1.165, 1.54) is 4.90 Å². The first-order chi connectivity index (χ1) is 25.5. The van der Waals surface area contributed by atoms with Crippen LogP contribution in [0.1, 0.15) is 119 Å². The molecule has 4 rings (SSSR count). The Hall–Kier alpha value is -1.71. The van der Waals surface area contributed by atoms with Crippen LogP contribution in [0.2, 0.25) is 0 Å². The molecule has 1 amide bonds. The summed E-state index contributed by atoms with van der Waals surface area (Å²) in [6.07, 6.45) is 9.55. The second-order valence-electron chi connectivity index (χ2n) is 16.9. The summed E-state index contributed by atoms with van der Waals surface area (Å²) in [4.78, 5) is 57.5. The molecule has 0 aromatic carbocycles. The number of carbonyl (C=O) groups excluding carboxylic acids is 4. The van der Waals surface area contributed by atoms with Crippen LogP contribution >= 0.6 is 22.6 Å². The van der Waals surface area contributed by atoms with Gasteiger partial charge in [-0.15, -0.1) is 0 Å². The van der Waals surface area contributed by atoms with Gasteiger partial charge >= 0.3 is 5.97 Å². The molecule has 0 radical (unpaired) electrons. The van der Waals surface area contributed by atoms with Gasteiger partial charge in [-0.1, -0.05) is 68.0 Å². The zero-order valence-electron chi connectivity index (χ0n) is 34.1. The molecule has 54 heavy (non-hydrogen) atoms. The summed E-state index contributed by atoms with van der Waals surface area (Å²) in [6.45, 7) is 11.9. The lowest BCUT2D eigenvalue weighted by atomic mass is 9.82. The average Bonchev–Trinajstić information content (AvgIpc) is 3.14. The average molecular weight is 872 g/mol. The van der Waals surface area contributed by atoms with E-state index in [9.17, 15) is 24.3 Å². The molecule has 4 aliphatic rings. The Labute approximate surface area is 336 Å². The predicted octanol–water partition coefficient (Wildman–Crippen LogP) is 6.70. The van der Waals surface area contributed by atoms with Crippen LogP contribution in [0.5, 0.6) is 0 Å². The van der Waals surface area contributed by atoms with E-state index >= 15 is 0 Å². The lowest BCUT2D eigenvalue weighted by Crippen LogP contribution is -2.64. The smallest absolute Gasteiger partial charge is 0.329 e. The predicted molar refractivity (Wildman–Crippen MR) is 214 cm³/mol. The molecule has 1 aliphatic carbocycles. The van der Waals surface area contributed by atoms with Crippen LogP contribution in [-0.4, -0.2) is 107 Å². The zero-order chi connectivity index (χ0) is 40.0. The monoisotopic (exact) mass is 871 g/mol. The van der Waals surface area contributed by atoms with Gasteiger partial charge in [-0.05, 0) is 102 Å². The number of nitrogens with zero attached hydrogens (tertiary/aromatic N) is 1. The zero-order valence-corrected chi connectivity index (χ0v) is 36.2. The second kappa shape index (κ2) is 19.6. The van der Waals surface area contributed by atoms with Gasteiger partial charge in [0.1, 0.15) is 24.0 Å². The van der Waals surface area contributed by atoms with Crippen molar-refractivity contribution >= 4 is 46.0 Å². The van der Waals surface area contributed by atoms with Crippen molar-refractivity contribution in [2.24, 2.45) is 23.7 Å². The van der Waals surface area contributed by atoms with E-state index in [0.29, 0.717) is 44.9 Å². The highest BCUT2D eigenvalue weighted by Crippen LogP contribution is 2.42. The molecule has 0 spiro atoms. The molecular formula is C42H66INO10. The fourth-order valence-corrected chi connectivity index (χ4v) is 10.6. The molecule has 0 aromatic heterocycles. The molecule has 306 valence electrons. The number of rotatable bonds is 5. The molecule has 3 heterocycles. The van der Waals surface area contributed by atoms with Crippen molar-refractivity contribution in [2.45, 2.75) is 164 Å². The number of carbonyl (C=O) groups is 4. The van der Waals surface area contributed by atoms with Gasteiger partial charge in [0.2, 0.25) is 5.79 Å². The van der Waals surface area contributed by atoms with Crippen molar-refractivity contribution < 1.29 is 48.0 Å². The van der Waals surface area contributed by atoms with Crippen molar-refractivity contribution in [1.82, 2.24) is 4.90 Å². The van der Waals surface area contributed by atoms with Gasteiger partial charge in [-0.25, -0.2) is 4.79 Å². The van der Waals surface area contributed by atoms with Crippen LogP contribution in [0.3, 0.4) is 0 Å². The Balaban J connectivity index is 1.74. The highest BCUT2D eigenvalue weighted by Gasteiger charge is 2.56. The van der Waals surface area contributed by atoms with Crippen LogP contribution in [0, 0.1) is 23.7 Å². The van der Waals surface area contributed by atoms with Gasteiger partial charge in [0.05, 0.1) is 18.3 Å². The summed E-state index contributed by atoms with van der Waals surface area (Å²) < 4.78 is 29.9. The molecule has 3 aliphatic heterocycles. The number of halogens is 1. The molecule has 12 heteroatoms. The summed E-state index contributed by atoms with van der Waals surface area (Å²) in [5.41, 5.74) is 1.97. The fraction of sp³-hybridized carbons (Fsp3) is 0.810. The van der Waals surface area contributed by atoms with Crippen molar-refractivity contribution in [3.05, 3.63) is 23.3 Å². The van der Waals surface area contributed by atoms with Crippen LogP contribution < -0.4 is 0 Å². The summed E-state index contributed by atoms with van der Waals surface area (Å²) in [5, 5.41) is 12.0. The second-order valence-corrected chi connectivity index (χ2v) is 19.0. The quantitative estimate of drug-likeness (QED) is 0.105. The van der Waals surface area contributed by atoms with Gasteiger partial charge in [-0.3, -0.25) is 14.4 Å². The highest BCUT2D eigenvalue weighted by molar-refractivity contribution is 14.1. The van der Waals surface area contributed by atoms with Crippen LogP contribution in [0.15, 0.2) is 23.3 Å². The van der Waals surface area contributed by atoms with Gasteiger partial charge in [0, 0.05) is 49.6 Å². The van der Waals surface area contributed by atoms with E-state index in [1.54, 1.807) is 28.3 Å². The number of ether oxygens (including phenoxy) is 5. The Morgan fingerprint density at radius 1 is 0.963 bits per heavy atom. The number of cyclic esters (lactones) is 1. The number of allylic oxidation sites excluding steroid dienone is 3. The molecule has 1 saturated carbocycles. The van der Waals surface area contributed by atoms with Crippen molar-refractivity contribution in [3.63, 3.8) is 0 Å². The maximum atomic E-state index is 14.3. The van der Waals surface area contributed by atoms with Crippen LogP contribution in [0.25, 0.3) is 0 Å². The largest absolute Gasteiger partial charge is 0.456 e. The highest BCUT2D eigenvalue weighted by atomic mass is 127.